The Kier molecular flexibility index (Phi) is 9.38. The van der Waals surface area contributed by atoms with Gasteiger partial charge in [0.05, 0.1) is 13.7 Å². The molecule has 4 nitrogen and oxygen atoms in total. The number of carbonyl (C=O) groups is 1. The molecule has 0 radical (unpaired) electrons. The van der Waals surface area contributed by atoms with E-state index >= 15 is 0 Å². The number of hydrogen-bond acceptors (Lipinski definition) is 4. The summed E-state index contributed by atoms with van der Waals surface area (Å²) < 4.78 is 10.2. The van der Waals surface area contributed by atoms with Crippen molar-refractivity contribution in [1.29, 1.82) is 0 Å². The molecule has 132 valence electrons. The second kappa shape index (κ2) is 11.0. The first-order valence-corrected chi connectivity index (χ1v) is 9.21. The van der Waals surface area contributed by atoms with Crippen molar-refractivity contribution in [3.8, 4) is 5.75 Å². The third kappa shape index (κ3) is 6.11. The van der Waals surface area contributed by atoms with Gasteiger partial charge in [-0.1, -0.05) is 28.1 Å². The first-order chi connectivity index (χ1) is 11.6. The summed E-state index contributed by atoms with van der Waals surface area (Å²) in [4.78, 5) is 15.9. The van der Waals surface area contributed by atoms with Gasteiger partial charge in [-0.25, -0.2) is 0 Å². The largest absolute Gasteiger partial charge is 0.497 e. The Hall–Kier alpha value is -1.62. The van der Waals surface area contributed by atoms with Crippen LogP contribution >= 0.6 is 15.9 Å². The van der Waals surface area contributed by atoms with E-state index in [0.29, 0.717) is 18.4 Å². The number of halogens is 1. The van der Waals surface area contributed by atoms with E-state index < -0.39 is 0 Å². The minimum absolute atomic E-state index is 0.146. The van der Waals surface area contributed by atoms with E-state index in [2.05, 4.69) is 27.8 Å². The number of nitrogens with zero attached hydrogens (tertiary/aromatic N) is 1. The predicted molar refractivity (Wildman–Crippen MR) is 103 cm³/mol. The smallest absolute Gasteiger partial charge is 0.305 e. The minimum atomic E-state index is -0.146. The molecule has 0 aliphatic rings. The molecular formula is C19H26BrNO3. The number of ether oxygens (including phenoxy) is 2. The summed E-state index contributed by atoms with van der Waals surface area (Å²) >= 11 is 3.51. The molecular weight excluding hydrogens is 370 g/mol. The molecule has 0 saturated carbocycles. The molecule has 24 heavy (non-hydrogen) atoms. The summed E-state index contributed by atoms with van der Waals surface area (Å²) in [5.41, 5.74) is 4.47. The lowest BCUT2D eigenvalue weighted by Crippen LogP contribution is -2.09. The molecule has 0 N–H and O–H groups in total. The Balaban J connectivity index is 2.99. The molecule has 0 aromatic heterocycles. The van der Waals surface area contributed by atoms with Crippen LogP contribution in [-0.4, -0.2) is 37.8 Å². The van der Waals surface area contributed by atoms with Crippen LogP contribution in [0.3, 0.4) is 0 Å². The summed E-state index contributed by atoms with van der Waals surface area (Å²) in [5.74, 6) is 0.688. The van der Waals surface area contributed by atoms with Gasteiger partial charge in [0.25, 0.3) is 0 Å². The van der Waals surface area contributed by atoms with Crippen LogP contribution in [0.25, 0.3) is 5.57 Å². The Bertz CT molecular complexity index is 591. The van der Waals surface area contributed by atoms with Gasteiger partial charge >= 0.3 is 5.97 Å². The highest BCUT2D eigenvalue weighted by Gasteiger charge is 2.12. The molecule has 0 bridgehead atoms. The first-order valence-electron chi connectivity index (χ1n) is 8.09. The van der Waals surface area contributed by atoms with E-state index in [4.69, 9.17) is 9.47 Å². The Morgan fingerprint density at radius 2 is 1.88 bits per heavy atom. The highest BCUT2D eigenvalue weighted by molar-refractivity contribution is 9.09. The van der Waals surface area contributed by atoms with Crippen molar-refractivity contribution in [3.63, 3.8) is 0 Å². The maximum Gasteiger partial charge on any atom is 0.305 e. The van der Waals surface area contributed by atoms with Gasteiger partial charge in [0, 0.05) is 24.5 Å². The maximum atomic E-state index is 11.6. The highest BCUT2D eigenvalue weighted by atomic mass is 79.9. The molecule has 1 rings (SSSR count). The first kappa shape index (κ1) is 20.4. The van der Waals surface area contributed by atoms with E-state index in [-0.39, 0.29) is 5.97 Å². The third-order valence-corrected chi connectivity index (χ3v) is 4.36. The predicted octanol–water partition coefficient (Wildman–Crippen LogP) is 4.67. The topological polar surface area (TPSA) is 47.9 Å². The van der Waals surface area contributed by atoms with E-state index in [1.807, 2.05) is 31.2 Å². The second-order valence-electron chi connectivity index (χ2n) is 5.29. The van der Waals surface area contributed by atoms with Crippen LogP contribution in [0.2, 0.25) is 0 Å². The van der Waals surface area contributed by atoms with Crippen LogP contribution in [0.15, 0.2) is 34.8 Å². The molecule has 5 heteroatoms. The molecule has 0 amide bonds. The van der Waals surface area contributed by atoms with Crippen molar-refractivity contribution in [2.75, 3.05) is 26.1 Å². The van der Waals surface area contributed by atoms with Crippen molar-refractivity contribution in [2.24, 2.45) is 4.99 Å². The quantitative estimate of drug-likeness (QED) is 0.346. The lowest BCUT2D eigenvalue weighted by atomic mass is 9.94. The van der Waals surface area contributed by atoms with Gasteiger partial charge in [-0.05, 0) is 55.5 Å². The summed E-state index contributed by atoms with van der Waals surface area (Å²) in [7, 11) is 3.45. The molecule has 0 saturated heterocycles. The standard InChI is InChI=1S/C19H26BrNO3/c1-5-24-19(22)8-6-7-17(18(13-20)21-3)14(2)15-9-11-16(23-4)12-10-15/h9-12H,5-8,13H2,1-4H3/b17-14+,21-18?. The van der Waals surface area contributed by atoms with Gasteiger partial charge < -0.3 is 9.47 Å². The summed E-state index contributed by atoms with van der Waals surface area (Å²) in [6.07, 6.45) is 1.95. The zero-order valence-corrected chi connectivity index (χ0v) is 16.5. The fourth-order valence-electron chi connectivity index (χ4n) is 2.48. The van der Waals surface area contributed by atoms with Crippen LogP contribution in [0.1, 0.15) is 38.7 Å². The molecule has 1 aromatic carbocycles. The molecule has 0 atom stereocenters. The molecule has 0 aliphatic carbocycles. The molecule has 0 heterocycles. The van der Waals surface area contributed by atoms with Crippen LogP contribution in [0.5, 0.6) is 5.75 Å². The average Bonchev–Trinajstić information content (AvgIpc) is 2.61. The number of hydrogen-bond donors (Lipinski definition) is 0. The van der Waals surface area contributed by atoms with Crippen molar-refractivity contribution >= 4 is 33.2 Å². The zero-order chi connectivity index (χ0) is 17.9. The van der Waals surface area contributed by atoms with Crippen molar-refractivity contribution in [3.05, 3.63) is 35.4 Å². The van der Waals surface area contributed by atoms with Gasteiger partial charge in [-0.15, -0.1) is 0 Å². The number of benzene rings is 1. The fraction of sp³-hybridized carbons (Fsp3) is 0.474. The summed E-state index contributed by atoms with van der Waals surface area (Å²) in [6, 6.07) is 7.99. The number of allylic oxidation sites excluding steroid dienone is 2. The van der Waals surface area contributed by atoms with Crippen molar-refractivity contribution < 1.29 is 14.3 Å². The zero-order valence-electron chi connectivity index (χ0n) is 14.9. The van der Waals surface area contributed by atoms with Crippen LogP contribution in [0.4, 0.5) is 0 Å². The van der Waals surface area contributed by atoms with E-state index in [0.717, 1.165) is 29.9 Å². The molecule has 1 aromatic rings. The van der Waals surface area contributed by atoms with Crippen molar-refractivity contribution in [1.82, 2.24) is 0 Å². The number of aliphatic imine (C=N–C) groups is 1. The van der Waals surface area contributed by atoms with E-state index in [1.165, 1.54) is 11.1 Å². The van der Waals surface area contributed by atoms with Crippen molar-refractivity contribution in [2.45, 2.75) is 33.1 Å². The normalized spacial score (nSPS) is 12.6. The van der Waals surface area contributed by atoms with Crippen LogP contribution < -0.4 is 4.74 Å². The molecule has 0 unspecified atom stereocenters. The Morgan fingerprint density at radius 3 is 2.38 bits per heavy atom. The fourth-order valence-corrected chi connectivity index (χ4v) is 3.07. The van der Waals surface area contributed by atoms with Gasteiger partial charge in [0.2, 0.25) is 0 Å². The van der Waals surface area contributed by atoms with Gasteiger partial charge in [0.15, 0.2) is 0 Å². The van der Waals surface area contributed by atoms with Crippen LogP contribution in [-0.2, 0) is 9.53 Å². The monoisotopic (exact) mass is 395 g/mol. The Labute approximate surface area is 153 Å². The summed E-state index contributed by atoms with van der Waals surface area (Å²) in [6.45, 7) is 4.34. The number of esters is 1. The van der Waals surface area contributed by atoms with Crippen LogP contribution in [0, 0.1) is 0 Å². The summed E-state index contributed by atoms with van der Waals surface area (Å²) in [5, 5.41) is 0.686. The van der Waals surface area contributed by atoms with Gasteiger partial charge in [-0.3, -0.25) is 9.79 Å². The maximum absolute atomic E-state index is 11.6. The second-order valence-corrected chi connectivity index (χ2v) is 5.86. The molecule has 0 aliphatic heterocycles. The lowest BCUT2D eigenvalue weighted by molar-refractivity contribution is -0.143. The Morgan fingerprint density at radius 1 is 1.21 bits per heavy atom. The molecule has 0 spiro atoms. The van der Waals surface area contributed by atoms with Gasteiger partial charge in [-0.2, -0.15) is 0 Å². The minimum Gasteiger partial charge on any atom is -0.497 e. The van der Waals surface area contributed by atoms with Gasteiger partial charge in [0.1, 0.15) is 5.75 Å². The van der Waals surface area contributed by atoms with E-state index in [1.54, 1.807) is 14.2 Å². The average molecular weight is 396 g/mol. The SMILES string of the molecule is CCOC(=O)CCC/C(C(CBr)=NC)=C(/C)c1ccc(OC)cc1. The number of methoxy groups -OCH3 is 1. The van der Waals surface area contributed by atoms with E-state index in [9.17, 15) is 4.79 Å². The third-order valence-electron chi connectivity index (χ3n) is 3.83. The number of alkyl halides is 1. The lowest BCUT2D eigenvalue weighted by Gasteiger charge is -2.14. The number of carbonyl (C=O) groups excluding carboxylic acids is 1. The highest BCUT2D eigenvalue weighted by Crippen LogP contribution is 2.26. The molecule has 0 fully saturated rings. The number of rotatable bonds is 9.